The zero-order valence-electron chi connectivity index (χ0n) is 19.1. The van der Waals surface area contributed by atoms with Crippen LogP contribution in [0.4, 0.5) is 5.69 Å². The second-order valence-corrected chi connectivity index (χ2v) is 10.8. The Morgan fingerprint density at radius 1 is 1.19 bits per heavy atom. The van der Waals surface area contributed by atoms with Gasteiger partial charge in [-0.2, -0.15) is 0 Å². The Balaban J connectivity index is 1.96. The van der Waals surface area contributed by atoms with Crippen molar-refractivity contribution in [1.82, 2.24) is 5.32 Å². The van der Waals surface area contributed by atoms with Gasteiger partial charge < -0.3 is 10.1 Å². The van der Waals surface area contributed by atoms with Crippen LogP contribution in [0.15, 0.2) is 42.5 Å². The van der Waals surface area contributed by atoms with Crippen molar-refractivity contribution in [3.63, 3.8) is 0 Å². The summed E-state index contributed by atoms with van der Waals surface area (Å²) in [6, 6.07) is 12.0. The predicted octanol–water partition coefficient (Wildman–Crippen LogP) is 4.27. The number of hydrogen-bond acceptors (Lipinski definition) is 4. The van der Waals surface area contributed by atoms with Crippen molar-refractivity contribution in [2.45, 2.75) is 65.1 Å². The molecule has 168 valence electrons. The highest BCUT2D eigenvalue weighted by molar-refractivity contribution is 7.92. The molecule has 3 rings (SSSR count). The molecule has 0 spiro atoms. The summed E-state index contributed by atoms with van der Waals surface area (Å²) in [6.45, 7) is 9.69. The summed E-state index contributed by atoms with van der Waals surface area (Å²) in [5.74, 6) is 0.434. The third-order valence-electron chi connectivity index (χ3n) is 5.53. The number of carbonyl (C=O) groups excluding carboxylic acids is 1. The maximum Gasteiger partial charge on any atom is 0.244 e. The fourth-order valence-electron chi connectivity index (χ4n) is 4.20. The SMILES string of the molecule is CC[C@H](C(=O)N[C@H]1CC(C)(C)Oc2ccc(C)cc21)N(c1cccc(C)c1)S(C)(=O)=O. The largest absolute Gasteiger partial charge is 0.487 e. The first-order chi connectivity index (χ1) is 14.4. The molecule has 6 nitrogen and oxygen atoms in total. The van der Waals surface area contributed by atoms with Gasteiger partial charge in [-0.1, -0.05) is 36.8 Å². The Morgan fingerprint density at radius 3 is 2.48 bits per heavy atom. The van der Waals surface area contributed by atoms with E-state index in [1.165, 1.54) is 4.31 Å². The van der Waals surface area contributed by atoms with Crippen molar-refractivity contribution in [3.05, 3.63) is 59.2 Å². The molecule has 2 aromatic rings. The van der Waals surface area contributed by atoms with Gasteiger partial charge in [0.1, 0.15) is 17.4 Å². The molecule has 2 aromatic carbocycles. The monoisotopic (exact) mass is 444 g/mol. The Morgan fingerprint density at radius 2 is 1.87 bits per heavy atom. The minimum atomic E-state index is -3.67. The van der Waals surface area contributed by atoms with Crippen molar-refractivity contribution >= 4 is 21.6 Å². The van der Waals surface area contributed by atoms with Crippen LogP contribution in [-0.4, -0.2) is 32.2 Å². The van der Waals surface area contributed by atoms with Gasteiger partial charge in [0.25, 0.3) is 0 Å². The Bertz CT molecular complexity index is 1080. The molecule has 1 aliphatic rings. The lowest BCUT2D eigenvalue weighted by atomic mass is 9.88. The van der Waals surface area contributed by atoms with E-state index in [-0.39, 0.29) is 11.9 Å². The lowest BCUT2D eigenvalue weighted by Crippen LogP contribution is -2.51. The van der Waals surface area contributed by atoms with E-state index < -0.39 is 21.7 Å². The number of ether oxygens (including phenoxy) is 1. The van der Waals surface area contributed by atoms with Crippen molar-refractivity contribution in [1.29, 1.82) is 0 Å². The van der Waals surface area contributed by atoms with Crippen LogP contribution in [0, 0.1) is 13.8 Å². The van der Waals surface area contributed by atoms with E-state index in [1.807, 2.05) is 58.9 Å². The van der Waals surface area contributed by atoms with Crippen LogP contribution in [0.5, 0.6) is 5.75 Å². The van der Waals surface area contributed by atoms with Gasteiger partial charge in [-0.25, -0.2) is 8.42 Å². The summed E-state index contributed by atoms with van der Waals surface area (Å²) in [5.41, 5.74) is 2.97. The van der Waals surface area contributed by atoms with E-state index in [4.69, 9.17) is 4.74 Å². The number of carbonyl (C=O) groups is 1. The minimum Gasteiger partial charge on any atom is -0.487 e. The highest BCUT2D eigenvalue weighted by Crippen LogP contribution is 2.40. The second kappa shape index (κ2) is 8.54. The van der Waals surface area contributed by atoms with Crippen molar-refractivity contribution in [3.8, 4) is 5.75 Å². The first kappa shape index (κ1) is 23.1. The smallest absolute Gasteiger partial charge is 0.244 e. The number of amides is 1. The Labute approximate surface area is 185 Å². The minimum absolute atomic E-state index is 0.265. The highest BCUT2D eigenvalue weighted by Gasteiger charge is 2.37. The number of fused-ring (bicyclic) bond motifs is 1. The molecule has 1 aliphatic heterocycles. The molecule has 1 heterocycles. The molecule has 0 fully saturated rings. The number of sulfonamides is 1. The van der Waals surface area contributed by atoms with Crippen LogP contribution in [0.3, 0.4) is 0 Å². The van der Waals surface area contributed by atoms with E-state index in [0.29, 0.717) is 18.5 Å². The van der Waals surface area contributed by atoms with Gasteiger partial charge in [0.2, 0.25) is 15.9 Å². The van der Waals surface area contributed by atoms with Gasteiger partial charge in [0.05, 0.1) is 18.0 Å². The second-order valence-electron chi connectivity index (χ2n) is 8.99. The summed E-state index contributed by atoms with van der Waals surface area (Å²) < 4.78 is 32.8. The lowest BCUT2D eigenvalue weighted by Gasteiger charge is -2.39. The maximum atomic E-state index is 13.4. The molecule has 0 saturated heterocycles. The summed E-state index contributed by atoms with van der Waals surface area (Å²) in [6.07, 6.45) is 2.08. The van der Waals surface area contributed by atoms with E-state index in [1.54, 1.807) is 18.2 Å². The fourth-order valence-corrected chi connectivity index (χ4v) is 5.40. The van der Waals surface area contributed by atoms with E-state index in [2.05, 4.69) is 5.32 Å². The lowest BCUT2D eigenvalue weighted by molar-refractivity contribution is -0.123. The van der Waals surface area contributed by atoms with Gasteiger partial charge in [0, 0.05) is 12.0 Å². The Kier molecular flexibility index (Phi) is 6.37. The van der Waals surface area contributed by atoms with Gasteiger partial charge in [0.15, 0.2) is 0 Å². The zero-order chi connectivity index (χ0) is 23.0. The van der Waals surface area contributed by atoms with Crippen LogP contribution in [-0.2, 0) is 14.8 Å². The van der Waals surface area contributed by atoms with Crippen LogP contribution < -0.4 is 14.4 Å². The van der Waals surface area contributed by atoms with Crippen LogP contribution in [0.2, 0.25) is 0 Å². The topological polar surface area (TPSA) is 75.7 Å². The highest BCUT2D eigenvalue weighted by atomic mass is 32.2. The average molecular weight is 445 g/mol. The molecular weight excluding hydrogens is 412 g/mol. The quantitative estimate of drug-likeness (QED) is 0.722. The molecule has 0 saturated carbocycles. The molecular formula is C24H32N2O4S. The average Bonchev–Trinajstić information content (AvgIpc) is 2.64. The summed E-state index contributed by atoms with van der Waals surface area (Å²) in [5, 5.41) is 3.12. The molecule has 0 bridgehead atoms. The van der Waals surface area contributed by atoms with Crippen molar-refractivity contribution in [2.75, 3.05) is 10.6 Å². The normalized spacial score (nSPS) is 18.5. The van der Waals surface area contributed by atoms with E-state index >= 15 is 0 Å². The van der Waals surface area contributed by atoms with E-state index in [9.17, 15) is 13.2 Å². The standard InChI is InChI=1S/C24H32N2O4S/c1-7-21(26(31(6,28)29)18-10-8-9-16(2)13-18)23(27)25-20-15-24(4,5)30-22-12-11-17(3)14-19(20)22/h8-14,20-21H,7,15H2,1-6H3,(H,25,27)/t20-,21+/m0/s1. The fraction of sp³-hybridized carbons (Fsp3) is 0.458. The van der Waals surface area contributed by atoms with Crippen molar-refractivity contribution in [2.24, 2.45) is 0 Å². The molecule has 31 heavy (non-hydrogen) atoms. The first-order valence-electron chi connectivity index (χ1n) is 10.6. The van der Waals surface area contributed by atoms with Gasteiger partial charge >= 0.3 is 0 Å². The number of nitrogens with zero attached hydrogens (tertiary/aromatic N) is 1. The first-order valence-corrected chi connectivity index (χ1v) is 12.4. The maximum absolute atomic E-state index is 13.4. The summed E-state index contributed by atoms with van der Waals surface area (Å²) in [4.78, 5) is 13.4. The zero-order valence-corrected chi connectivity index (χ0v) is 19.9. The molecule has 0 radical (unpaired) electrons. The number of anilines is 1. The molecule has 1 N–H and O–H groups in total. The molecule has 0 unspecified atom stereocenters. The number of rotatable bonds is 6. The van der Waals surface area contributed by atoms with Crippen LogP contribution >= 0.6 is 0 Å². The van der Waals surface area contributed by atoms with Gasteiger partial charge in [-0.05, 0) is 57.9 Å². The third kappa shape index (κ3) is 5.21. The van der Waals surface area contributed by atoms with Gasteiger partial charge in [-0.3, -0.25) is 9.10 Å². The van der Waals surface area contributed by atoms with Crippen molar-refractivity contribution < 1.29 is 17.9 Å². The molecule has 1 amide bonds. The molecule has 0 aliphatic carbocycles. The van der Waals surface area contributed by atoms with Gasteiger partial charge in [-0.15, -0.1) is 0 Å². The molecule has 7 heteroatoms. The number of hydrogen-bond donors (Lipinski definition) is 1. The third-order valence-corrected chi connectivity index (χ3v) is 6.70. The van der Waals surface area contributed by atoms with Crippen LogP contribution in [0.25, 0.3) is 0 Å². The predicted molar refractivity (Wildman–Crippen MR) is 124 cm³/mol. The summed E-state index contributed by atoms with van der Waals surface area (Å²) in [7, 11) is -3.67. The summed E-state index contributed by atoms with van der Waals surface area (Å²) >= 11 is 0. The Hall–Kier alpha value is -2.54. The number of benzene rings is 2. The number of aryl methyl sites for hydroxylation is 2. The van der Waals surface area contributed by atoms with Crippen LogP contribution in [0.1, 0.15) is 56.3 Å². The number of nitrogens with one attached hydrogen (secondary N) is 1. The molecule has 2 atom stereocenters. The molecule has 0 aromatic heterocycles. The van der Waals surface area contributed by atoms with E-state index in [0.717, 1.165) is 28.7 Å².